The van der Waals surface area contributed by atoms with Gasteiger partial charge < -0.3 is 15.1 Å². The van der Waals surface area contributed by atoms with Gasteiger partial charge in [-0.25, -0.2) is 0 Å². The normalized spacial score (nSPS) is 10.8. The number of carbonyl (C=O) groups is 1. The number of hydrogen-bond donors (Lipinski definition) is 2. The lowest BCUT2D eigenvalue weighted by Crippen LogP contribution is -2.30. The number of aliphatic hydroxyl groups excluding tert-OH is 1. The number of rotatable bonds is 9. The van der Waals surface area contributed by atoms with Crippen molar-refractivity contribution in [1.82, 2.24) is 4.90 Å². The SMILES string of the molecule is O=C(O)CCN(CCCO)CCc1ccccc1. The molecule has 1 aromatic carbocycles. The summed E-state index contributed by atoms with van der Waals surface area (Å²) in [5.74, 6) is -0.774. The average Bonchev–Trinajstić information content (AvgIpc) is 2.39. The first kappa shape index (κ1) is 14.7. The van der Waals surface area contributed by atoms with Gasteiger partial charge in [-0.1, -0.05) is 30.3 Å². The Morgan fingerprint density at radius 2 is 1.83 bits per heavy atom. The maximum absolute atomic E-state index is 10.6. The monoisotopic (exact) mass is 251 g/mol. The summed E-state index contributed by atoms with van der Waals surface area (Å²) >= 11 is 0. The van der Waals surface area contributed by atoms with E-state index in [2.05, 4.69) is 17.0 Å². The second-order valence-electron chi connectivity index (χ2n) is 4.30. The van der Waals surface area contributed by atoms with Gasteiger partial charge in [0, 0.05) is 26.2 Å². The summed E-state index contributed by atoms with van der Waals surface area (Å²) in [7, 11) is 0. The summed E-state index contributed by atoms with van der Waals surface area (Å²) < 4.78 is 0. The molecule has 1 rings (SSSR count). The summed E-state index contributed by atoms with van der Waals surface area (Å²) in [5, 5.41) is 17.5. The summed E-state index contributed by atoms with van der Waals surface area (Å²) in [6.07, 6.45) is 1.75. The Bertz CT molecular complexity index is 340. The smallest absolute Gasteiger partial charge is 0.304 e. The van der Waals surface area contributed by atoms with Gasteiger partial charge in [-0.2, -0.15) is 0 Å². The number of aliphatic hydroxyl groups is 1. The maximum Gasteiger partial charge on any atom is 0.304 e. The van der Waals surface area contributed by atoms with Crippen LogP contribution in [-0.4, -0.2) is 47.3 Å². The van der Waals surface area contributed by atoms with Gasteiger partial charge in [0.15, 0.2) is 0 Å². The van der Waals surface area contributed by atoms with Crippen LogP contribution in [0.25, 0.3) is 0 Å². The van der Waals surface area contributed by atoms with Gasteiger partial charge in [-0.15, -0.1) is 0 Å². The summed E-state index contributed by atoms with van der Waals surface area (Å²) in [6.45, 7) is 2.27. The molecule has 1 aromatic rings. The molecule has 0 spiro atoms. The van der Waals surface area contributed by atoms with Crippen LogP contribution < -0.4 is 0 Å². The number of hydrogen-bond acceptors (Lipinski definition) is 3. The fourth-order valence-electron chi connectivity index (χ4n) is 1.82. The van der Waals surface area contributed by atoms with Gasteiger partial charge >= 0.3 is 5.97 Å². The molecule has 0 aliphatic rings. The highest BCUT2D eigenvalue weighted by Crippen LogP contribution is 2.03. The molecule has 0 aromatic heterocycles. The molecule has 18 heavy (non-hydrogen) atoms. The molecule has 4 heteroatoms. The minimum Gasteiger partial charge on any atom is -0.481 e. The topological polar surface area (TPSA) is 60.8 Å². The third kappa shape index (κ3) is 6.37. The van der Waals surface area contributed by atoms with Gasteiger partial charge in [-0.3, -0.25) is 4.79 Å². The van der Waals surface area contributed by atoms with E-state index >= 15 is 0 Å². The highest BCUT2D eigenvalue weighted by molar-refractivity contribution is 5.66. The van der Waals surface area contributed by atoms with Gasteiger partial charge in [0.05, 0.1) is 6.42 Å². The van der Waals surface area contributed by atoms with Crippen molar-refractivity contribution in [3.8, 4) is 0 Å². The van der Waals surface area contributed by atoms with Crippen LogP contribution in [-0.2, 0) is 11.2 Å². The predicted octanol–water partition coefficient (Wildman–Crippen LogP) is 1.39. The molecular formula is C14H21NO3. The third-order valence-electron chi connectivity index (χ3n) is 2.83. The first-order valence-corrected chi connectivity index (χ1v) is 6.31. The van der Waals surface area contributed by atoms with Crippen LogP contribution in [0.1, 0.15) is 18.4 Å². The van der Waals surface area contributed by atoms with Gasteiger partial charge in [0.2, 0.25) is 0 Å². The maximum atomic E-state index is 10.6. The fourth-order valence-corrected chi connectivity index (χ4v) is 1.82. The molecule has 0 saturated heterocycles. The number of carboxylic acid groups (broad SMARTS) is 1. The zero-order valence-electron chi connectivity index (χ0n) is 10.6. The second-order valence-corrected chi connectivity index (χ2v) is 4.30. The van der Waals surface area contributed by atoms with E-state index < -0.39 is 5.97 Å². The Balaban J connectivity index is 2.37. The van der Waals surface area contributed by atoms with Crippen molar-refractivity contribution >= 4 is 5.97 Å². The van der Waals surface area contributed by atoms with E-state index in [1.54, 1.807) is 0 Å². The summed E-state index contributed by atoms with van der Waals surface area (Å²) in [4.78, 5) is 12.7. The molecule has 0 atom stereocenters. The minimum atomic E-state index is -0.774. The Kier molecular flexibility index (Phi) is 7.06. The molecule has 0 amide bonds. The highest BCUT2D eigenvalue weighted by atomic mass is 16.4. The van der Waals surface area contributed by atoms with Crippen LogP contribution in [0.2, 0.25) is 0 Å². The van der Waals surface area contributed by atoms with Crippen LogP contribution >= 0.6 is 0 Å². The lowest BCUT2D eigenvalue weighted by molar-refractivity contribution is -0.137. The van der Waals surface area contributed by atoms with E-state index in [0.29, 0.717) is 13.0 Å². The third-order valence-corrected chi connectivity index (χ3v) is 2.83. The predicted molar refractivity (Wildman–Crippen MR) is 70.5 cm³/mol. The summed E-state index contributed by atoms with van der Waals surface area (Å²) in [6, 6.07) is 10.1. The van der Waals surface area contributed by atoms with Crippen LogP contribution in [0.5, 0.6) is 0 Å². The minimum absolute atomic E-state index is 0.148. The van der Waals surface area contributed by atoms with Gasteiger partial charge in [0.1, 0.15) is 0 Å². The molecule has 0 bridgehead atoms. The quantitative estimate of drug-likeness (QED) is 0.696. The van der Waals surface area contributed by atoms with Crippen molar-refractivity contribution in [3.05, 3.63) is 35.9 Å². The number of benzene rings is 1. The van der Waals surface area contributed by atoms with Crippen LogP contribution in [0.15, 0.2) is 30.3 Å². The van der Waals surface area contributed by atoms with E-state index in [4.69, 9.17) is 10.2 Å². The molecule has 0 aliphatic heterocycles. The molecule has 4 nitrogen and oxygen atoms in total. The van der Waals surface area contributed by atoms with Gasteiger partial charge in [-0.05, 0) is 18.4 Å². The molecule has 2 N–H and O–H groups in total. The Labute approximate surface area is 108 Å². The largest absolute Gasteiger partial charge is 0.481 e. The van der Waals surface area contributed by atoms with Crippen molar-refractivity contribution in [2.75, 3.05) is 26.2 Å². The molecule has 0 unspecified atom stereocenters. The number of carboxylic acids is 1. The molecular weight excluding hydrogens is 230 g/mol. The molecule has 0 heterocycles. The van der Waals surface area contributed by atoms with Crippen molar-refractivity contribution in [3.63, 3.8) is 0 Å². The van der Waals surface area contributed by atoms with E-state index in [-0.39, 0.29) is 13.0 Å². The zero-order valence-corrected chi connectivity index (χ0v) is 10.6. The van der Waals surface area contributed by atoms with E-state index in [9.17, 15) is 4.79 Å². The molecule has 0 radical (unpaired) electrons. The van der Waals surface area contributed by atoms with Crippen molar-refractivity contribution in [2.24, 2.45) is 0 Å². The van der Waals surface area contributed by atoms with Crippen LogP contribution in [0.3, 0.4) is 0 Å². The fraction of sp³-hybridized carbons (Fsp3) is 0.500. The lowest BCUT2D eigenvalue weighted by Gasteiger charge is -2.21. The average molecular weight is 251 g/mol. The Morgan fingerprint density at radius 3 is 2.44 bits per heavy atom. The zero-order chi connectivity index (χ0) is 13.2. The van der Waals surface area contributed by atoms with Crippen molar-refractivity contribution < 1.29 is 15.0 Å². The lowest BCUT2D eigenvalue weighted by atomic mass is 10.1. The van der Waals surface area contributed by atoms with Crippen LogP contribution in [0.4, 0.5) is 0 Å². The Hall–Kier alpha value is -1.39. The Morgan fingerprint density at radius 1 is 1.11 bits per heavy atom. The first-order chi connectivity index (χ1) is 8.72. The molecule has 100 valence electrons. The van der Waals surface area contributed by atoms with Crippen molar-refractivity contribution in [2.45, 2.75) is 19.3 Å². The second kappa shape index (κ2) is 8.66. The van der Waals surface area contributed by atoms with E-state index in [0.717, 1.165) is 19.5 Å². The molecule has 0 fully saturated rings. The van der Waals surface area contributed by atoms with Gasteiger partial charge in [0.25, 0.3) is 0 Å². The first-order valence-electron chi connectivity index (χ1n) is 6.31. The number of aliphatic carboxylic acids is 1. The summed E-state index contributed by atoms with van der Waals surface area (Å²) in [5.41, 5.74) is 1.25. The standard InChI is InChI=1S/C14H21NO3/c16-12-4-9-15(11-8-14(17)18)10-7-13-5-2-1-3-6-13/h1-3,5-6,16H,4,7-12H2,(H,17,18). The molecule has 0 aliphatic carbocycles. The van der Waals surface area contributed by atoms with E-state index in [1.807, 2.05) is 18.2 Å². The number of nitrogens with zero attached hydrogens (tertiary/aromatic N) is 1. The highest BCUT2D eigenvalue weighted by Gasteiger charge is 2.07. The van der Waals surface area contributed by atoms with Crippen LogP contribution in [0, 0.1) is 0 Å². The molecule has 0 saturated carbocycles. The van der Waals surface area contributed by atoms with E-state index in [1.165, 1.54) is 5.56 Å². The van der Waals surface area contributed by atoms with Crippen molar-refractivity contribution in [1.29, 1.82) is 0 Å².